The minimum absolute atomic E-state index is 1.10. The van der Waals surface area contributed by atoms with Crippen LogP contribution >= 0.6 is 117 Å². The summed E-state index contributed by atoms with van der Waals surface area (Å²) in [6.07, 6.45) is 0. The van der Waals surface area contributed by atoms with Crippen molar-refractivity contribution in [3.63, 3.8) is 0 Å². The SMILES string of the molecule is S=c1sc2c(s1)S[CH2][Sn]1([CH2]S2)[CH2]Sc2sc(=S)sc2S[CH2]1. The van der Waals surface area contributed by atoms with E-state index in [4.69, 9.17) is 24.4 Å². The Morgan fingerprint density at radius 1 is 0.571 bits per heavy atom. The van der Waals surface area contributed by atoms with Gasteiger partial charge in [-0.3, -0.25) is 0 Å². The average molecular weight is 568 g/mol. The molecule has 21 heavy (non-hydrogen) atoms. The van der Waals surface area contributed by atoms with Gasteiger partial charge in [-0.05, 0) is 0 Å². The van der Waals surface area contributed by atoms with Gasteiger partial charge in [0.05, 0.1) is 0 Å². The third kappa shape index (κ3) is 3.80. The van der Waals surface area contributed by atoms with E-state index in [1.165, 1.54) is 31.9 Å². The van der Waals surface area contributed by atoms with Crippen molar-refractivity contribution in [3.8, 4) is 0 Å². The topological polar surface area (TPSA) is 0 Å². The van der Waals surface area contributed by atoms with E-state index in [0.29, 0.717) is 0 Å². The van der Waals surface area contributed by atoms with E-state index in [9.17, 15) is 0 Å². The summed E-state index contributed by atoms with van der Waals surface area (Å²) < 4.78 is 13.9. The van der Waals surface area contributed by atoms with Crippen LogP contribution in [-0.2, 0) is 0 Å². The molecule has 0 bridgehead atoms. The zero-order valence-electron chi connectivity index (χ0n) is 10.4. The average Bonchev–Trinajstić information content (AvgIpc) is 2.90. The van der Waals surface area contributed by atoms with Crippen molar-refractivity contribution in [1.82, 2.24) is 0 Å². The molecule has 0 radical (unpaired) electrons. The van der Waals surface area contributed by atoms with Crippen LogP contribution in [0.4, 0.5) is 0 Å². The Labute approximate surface area is 170 Å². The van der Waals surface area contributed by atoms with Gasteiger partial charge in [0, 0.05) is 0 Å². The van der Waals surface area contributed by atoms with Crippen LogP contribution in [0.15, 0.2) is 16.8 Å². The summed E-state index contributed by atoms with van der Waals surface area (Å²) in [5.41, 5.74) is 0. The van der Waals surface area contributed by atoms with E-state index in [0.717, 1.165) is 6.28 Å². The van der Waals surface area contributed by atoms with Crippen LogP contribution in [-0.4, -0.2) is 33.5 Å². The zero-order valence-corrected chi connectivity index (χ0v) is 21.4. The predicted octanol–water partition coefficient (Wildman–Crippen LogP) is 7.09. The molecule has 4 heterocycles. The van der Waals surface area contributed by atoms with Gasteiger partial charge in [0.25, 0.3) is 0 Å². The van der Waals surface area contributed by atoms with Crippen molar-refractivity contribution in [2.75, 3.05) is 15.1 Å². The Bertz CT molecular complexity index is 652. The fourth-order valence-corrected chi connectivity index (χ4v) is 47.7. The normalized spacial score (nSPS) is 20.6. The second-order valence-electron chi connectivity index (χ2n) is 4.71. The molecule has 2 aliphatic rings. The summed E-state index contributed by atoms with van der Waals surface area (Å²) in [5.74, 6) is 0. The molecule has 0 unspecified atom stereocenters. The first kappa shape index (κ1) is 17.2. The van der Waals surface area contributed by atoms with Gasteiger partial charge in [0.15, 0.2) is 0 Å². The molecule has 0 nitrogen and oxygen atoms in total. The molecule has 2 aromatic heterocycles. The third-order valence-corrected chi connectivity index (χ3v) is 41.6. The monoisotopic (exact) mass is 568 g/mol. The van der Waals surface area contributed by atoms with E-state index in [-0.39, 0.29) is 0 Å². The molecule has 0 amide bonds. The van der Waals surface area contributed by atoms with E-state index in [1.807, 2.05) is 45.3 Å². The second kappa shape index (κ2) is 7.16. The quantitative estimate of drug-likeness (QED) is 0.245. The van der Waals surface area contributed by atoms with E-state index in [2.05, 4.69) is 47.0 Å². The summed E-state index contributed by atoms with van der Waals surface area (Å²) >= 11 is 24.5. The van der Waals surface area contributed by atoms with Crippen molar-refractivity contribution >= 4 is 135 Å². The van der Waals surface area contributed by atoms with E-state index in [1.54, 1.807) is 0 Å². The predicted molar refractivity (Wildman–Crippen MR) is 115 cm³/mol. The van der Waals surface area contributed by atoms with Crippen molar-refractivity contribution < 1.29 is 0 Å². The van der Waals surface area contributed by atoms with E-state index >= 15 is 0 Å². The maximum absolute atomic E-state index is 5.35. The van der Waals surface area contributed by atoms with Gasteiger partial charge < -0.3 is 0 Å². The van der Waals surface area contributed by atoms with Crippen LogP contribution in [0.1, 0.15) is 0 Å². The first-order valence-corrected chi connectivity index (χ1v) is 22.0. The van der Waals surface area contributed by atoms with Gasteiger partial charge >= 0.3 is 173 Å². The van der Waals surface area contributed by atoms with Gasteiger partial charge in [-0.1, -0.05) is 0 Å². The summed E-state index contributed by atoms with van der Waals surface area (Å²) in [6, 6.07) is 0. The Balaban J connectivity index is 1.57. The molecule has 0 N–H and O–H groups in total. The maximum atomic E-state index is 5.35. The van der Waals surface area contributed by atoms with Crippen molar-refractivity contribution in [3.05, 3.63) is 6.28 Å². The Hall–Kier alpha value is 2.74. The van der Waals surface area contributed by atoms with Crippen LogP contribution in [0.2, 0.25) is 0 Å². The molecule has 11 heteroatoms. The second-order valence-corrected chi connectivity index (χ2v) is 34.6. The van der Waals surface area contributed by atoms with Gasteiger partial charge in [-0.15, -0.1) is 0 Å². The third-order valence-electron chi connectivity index (χ3n) is 3.08. The summed E-state index contributed by atoms with van der Waals surface area (Å²) in [7, 11) is 0. The molecule has 2 aliphatic heterocycles. The molecular formula is C10H8S10Sn. The molecule has 4 rings (SSSR count). The Kier molecular flexibility index (Phi) is 5.85. The van der Waals surface area contributed by atoms with Gasteiger partial charge in [0.2, 0.25) is 0 Å². The molecule has 2 aromatic rings. The molecule has 0 saturated heterocycles. The number of thioether (sulfide) groups is 4. The summed E-state index contributed by atoms with van der Waals surface area (Å²) in [4.78, 5) is 0. The first-order valence-electron chi connectivity index (χ1n) is 5.93. The van der Waals surface area contributed by atoms with Crippen LogP contribution < -0.4 is 0 Å². The van der Waals surface area contributed by atoms with Crippen LogP contribution in [0.25, 0.3) is 0 Å². The van der Waals surface area contributed by atoms with E-state index < -0.39 is 18.4 Å². The Morgan fingerprint density at radius 2 is 0.857 bits per heavy atom. The molecule has 0 fully saturated rings. The minimum atomic E-state index is -2.06. The molecular weight excluding hydrogens is 559 g/mol. The zero-order chi connectivity index (χ0) is 14.4. The van der Waals surface area contributed by atoms with Gasteiger partial charge in [-0.25, -0.2) is 0 Å². The fourth-order valence-electron chi connectivity index (χ4n) is 1.99. The fraction of sp³-hybridized carbons (Fsp3) is 0.400. The number of rotatable bonds is 0. The van der Waals surface area contributed by atoms with Crippen LogP contribution in [0.5, 0.6) is 0 Å². The van der Waals surface area contributed by atoms with Crippen molar-refractivity contribution in [1.29, 1.82) is 0 Å². The first-order chi connectivity index (χ1) is 10.1. The molecule has 112 valence electrons. The number of hydrogen-bond acceptors (Lipinski definition) is 10. The van der Waals surface area contributed by atoms with Crippen molar-refractivity contribution in [2.24, 2.45) is 0 Å². The van der Waals surface area contributed by atoms with Crippen LogP contribution in [0, 0.1) is 6.28 Å². The standard InChI is InChI=1S/2C5H4S5.Sn/c2*1-7-3-4(8-2)10-5(6)9-3;/h2*1-2H2;. The molecule has 0 saturated carbocycles. The van der Waals surface area contributed by atoms with Crippen molar-refractivity contribution in [2.45, 2.75) is 16.8 Å². The number of fused-ring (bicyclic) bond motifs is 2. The molecule has 0 aromatic carbocycles. The summed E-state index contributed by atoms with van der Waals surface area (Å²) in [5, 5.41) is 0. The molecule has 1 spiro atoms. The van der Waals surface area contributed by atoms with Gasteiger partial charge in [0.1, 0.15) is 0 Å². The summed E-state index contributed by atoms with van der Waals surface area (Å²) in [6.45, 7) is 0. The van der Waals surface area contributed by atoms with Crippen LogP contribution in [0.3, 0.4) is 0 Å². The molecule has 0 atom stereocenters. The molecule has 0 aliphatic carbocycles. The number of hydrogen-bond donors (Lipinski definition) is 0. The van der Waals surface area contributed by atoms with Gasteiger partial charge in [-0.2, -0.15) is 0 Å². The Morgan fingerprint density at radius 3 is 1.14 bits per heavy atom.